The number of carbonyl (C=O) groups is 2. The van der Waals surface area contributed by atoms with Gasteiger partial charge < -0.3 is 0 Å². The van der Waals surface area contributed by atoms with Crippen molar-refractivity contribution in [3.05, 3.63) is 71.8 Å². The third-order valence-corrected chi connectivity index (χ3v) is 5.08. The van der Waals surface area contributed by atoms with E-state index in [0.29, 0.717) is 13.1 Å². The van der Waals surface area contributed by atoms with E-state index in [2.05, 4.69) is 5.43 Å². The average Bonchev–Trinajstić information content (AvgIpc) is 3.14. The van der Waals surface area contributed by atoms with Crippen LogP contribution in [0.2, 0.25) is 0 Å². The summed E-state index contributed by atoms with van der Waals surface area (Å²) in [5, 5.41) is 1.94. The summed E-state index contributed by atoms with van der Waals surface area (Å²) in [6.45, 7) is 2.86. The molecule has 0 saturated carbocycles. The van der Waals surface area contributed by atoms with Crippen LogP contribution in [0.5, 0.6) is 0 Å². The van der Waals surface area contributed by atoms with Gasteiger partial charge >= 0.3 is 0 Å². The molecule has 0 aromatic heterocycles. The molecule has 0 radical (unpaired) electrons. The van der Waals surface area contributed by atoms with Crippen LogP contribution >= 0.6 is 0 Å². The van der Waals surface area contributed by atoms with Crippen molar-refractivity contribution in [1.29, 1.82) is 0 Å². The number of fused-ring (bicyclic) bond motifs is 1. The highest BCUT2D eigenvalue weighted by Crippen LogP contribution is 2.40. The predicted octanol–water partition coefficient (Wildman–Crippen LogP) is 2.12. The standard InChI is InChI=1S/C20H21N3O2/c1-2-22-19(24)16-17(15-11-7-4-8-12-15)21-23(18(16)20(22)25)13-14-9-5-3-6-10-14/h3-12,16-18,21H,2,13H2,1H3. The third kappa shape index (κ3) is 2.65. The molecule has 1 N–H and O–H groups in total. The van der Waals surface area contributed by atoms with Crippen LogP contribution in [0, 0.1) is 5.92 Å². The molecule has 2 fully saturated rings. The van der Waals surface area contributed by atoms with Crippen molar-refractivity contribution in [2.45, 2.75) is 25.6 Å². The summed E-state index contributed by atoms with van der Waals surface area (Å²) in [7, 11) is 0. The Morgan fingerprint density at radius 2 is 1.56 bits per heavy atom. The maximum Gasteiger partial charge on any atom is 0.248 e. The molecule has 2 aromatic carbocycles. The van der Waals surface area contributed by atoms with Crippen molar-refractivity contribution in [3.63, 3.8) is 0 Å². The smallest absolute Gasteiger partial charge is 0.248 e. The molecule has 5 nitrogen and oxygen atoms in total. The Balaban J connectivity index is 1.69. The number of hydrazine groups is 1. The van der Waals surface area contributed by atoms with E-state index < -0.39 is 6.04 Å². The predicted molar refractivity (Wildman–Crippen MR) is 94.0 cm³/mol. The maximum absolute atomic E-state index is 12.8. The zero-order chi connectivity index (χ0) is 17.4. The Kier molecular flexibility index (Phi) is 4.11. The summed E-state index contributed by atoms with van der Waals surface area (Å²) in [5.41, 5.74) is 5.57. The van der Waals surface area contributed by atoms with Gasteiger partial charge in [-0.25, -0.2) is 10.4 Å². The number of amides is 2. The lowest BCUT2D eigenvalue weighted by Crippen LogP contribution is -2.44. The van der Waals surface area contributed by atoms with Crippen LogP contribution in [0.3, 0.4) is 0 Å². The van der Waals surface area contributed by atoms with E-state index in [4.69, 9.17) is 0 Å². The van der Waals surface area contributed by atoms with Crippen LogP contribution in [0.25, 0.3) is 0 Å². The lowest BCUT2D eigenvalue weighted by Gasteiger charge is -2.24. The van der Waals surface area contributed by atoms with Gasteiger partial charge in [0.15, 0.2) is 0 Å². The molecule has 4 rings (SSSR count). The van der Waals surface area contributed by atoms with Crippen molar-refractivity contribution in [2.24, 2.45) is 5.92 Å². The first kappa shape index (κ1) is 16.0. The minimum absolute atomic E-state index is 0.0746. The largest absolute Gasteiger partial charge is 0.281 e. The monoisotopic (exact) mass is 335 g/mol. The number of hydrogen-bond acceptors (Lipinski definition) is 4. The van der Waals surface area contributed by atoms with Crippen molar-refractivity contribution in [1.82, 2.24) is 15.3 Å². The Hall–Kier alpha value is -2.50. The Labute approximate surface area is 147 Å². The maximum atomic E-state index is 12.8. The zero-order valence-corrected chi connectivity index (χ0v) is 14.1. The lowest BCUT2D eigenvalue weighted by atomic mass is 9.91. The molecule has 0 spiro atoms. The van der Waals surface area contributed by atoms with Crippen LogP contribution in [0.15, 0.2) is 60.7 Å². The second kappa shape index (κ2) is 6.43. The Bertz CT molecular complexity index is 778. The summed E-state index contributed by atoms with van der Waals surface area (Å²) >= 11 is 0. The van der Waals surface area contributed by atoms with Gasteiger partial charge in [-0.05, 0) is 18.1 Å². The van der Waals surface area contributed by atoms with Crippen LogP contribution in [-0.4, -0.2) is 34.3 Å². The minimum atomic E-state index is -0.446. The van der Waals surface area contributed by atoms with E-state index >= 15 is 0 Å². The summed E-state index contributed by atoms with van der Waals surface area (Å²) in [4.78, 5) is 27.1. The fraction of sp³-hybridized carbons (Fsp3) is 0.300. The minimum Gasteiger partial charge on any atom is -0.281 e. The van der Waals surface area contributed by atoms with Gasteiger partial charge in [0.05, 0.1) is 12.0 Å². The van der Waals surface area contributed by atoms with Gasteiger partial charge in [0, 0.05) is 13.1 Å². The number of nitrogens with one attached hydrogen (secondary N) is 1. The molecule has 2 aliphatic heterocycles. The molecule has 5 heteroatoms. The van der Waals surface area contributed by atoms with Crippen LogP contribution in [0.4, 0.5) is 0 Å². The fourth-order valence-corrected chi connectivity index (χ4v) is 3.91. The van der Waals surface area contributed by atoms with Crippen molar-refractivity contribution >= 4 is 11.8 Å². The molecule has 2 aromatic rings. The third-order valence-electron chi connectivity index (χ3n) is 5.08. The number of carbonyl (C=O) groups excluding carboxylic acids is 2. The molecule has 2 saturated heterocycles. The Morgan fingerprint density at radius 1 is 0.920 bits per heavy atom. The highest BCUT2D eigenvalue weighted by atomic mass is 16.2. The number of rotatable bonds is 4. The number of likely N-dealkylation sites (N-methyl/N-ethyl adjacent to an activating group) is 1. The Morgan fingerprint density at radius 3 is 2.20 bits per heavy atom. The average molecular weight is 335 g/mol. The lowest BCUT2D eigenvalue weighted by molar-refractivity contribution is -0.141. The van der Waals surface area contributed by atoms with Gasteiger partial charge in [0.2, 0.25) is 11.8 Å². The molecule has 3 atom stereocenters. The van der Waals surface area contributed by atoms with E-state index in [1.807, 2.05) is 72.6 Å². The normalized spacial score (nSPS) is 26.3. The van der Waals surface area contributed by atoms with E-state index in [1.54, 1.807) is 0 Å². The van der Waals surface area contributed by atoms with Crippen LogP contribution < -0.4 is 5.43 Å². The van der Waals surface area contributed by atoms with E-state index in [1.165, 1.54) is 4.90 Å². The van der Waals surface area contributed by atoms with Gasteiger partial charge in [-0.2, -0.15) is 0 Å². The number of nitrogens with zero attached hydrogens (tertiary/aromatic N) is 2. The van der Waals surface area contributed by atoms with E-state index in [0.717, 1.165) is 11.1 Å². The molecule has 2 aliphatic rings. The van der Waals surface area contributed by atoms with Gasteiger partial charge in [0.1, 0.15) is 6.04 Å². The first-order valence-corrected chi connectivity index (χ1v) is 8.67. The summed E-state index contributed by atoms with van der Waals surface area (Å²) in [5.74, 6) is -0.549. The molecule has 0 aliphatic carbocycles. The quantitative estimate of drug-likeness (QED) is 0.870. The number of benzene rings is 2. The topological polar surface area (TPSA) is 52.7 Å². The highest BCUT2D eigenvalue weighted by Gasteiger charge is 2.57. The zero-order valence-electron chi connectivity index (χ0n) is 14.1. The van der Waals surface area contributed by atoms with Gasteiger partial charge in [-0.3, -0.25) is 14.5 Å². The second-order valence-electron chi connectivity index (χ2n) is 6.52. The van der Waals surface area contributed by atoms with Crippen molar-refractivity contribution < 1.29 is 9.59 Å². The molecule has 128 valence electrons. The van der Waals surface area contributed by atoms with E-state index in [9.17, 15) is 9.59 Å². The first-order chi connectivity index (χ1) is 12.2. The van der Waals surface area contributed by atoms with Crippen molar-refractivity contribution in [2.75, 3.05) is 6.54 Å². The van der Waals surface area contributed by atoms with Crippen molar-refractivity contribution in [3.8, 4) is 0 Å². The highest BCUT2D eigenvalue weighted by molar-refractivity contribution is 6.07. The molecule has 2 amide bonds. The second-order valence-corrected chi connectivity index (χ2v) is 6.52. The number of imide groups is 1. The molecule has 0 bridgehead atoms. The molecular weight excluding hydrogens is 314 g/mol. The number of hydrogen-bond donors (Lipinski definition) is 1. The fourth-order valence-electron chi connectivity index (χ4n) is 3.91. The van der Waals surface area contributed by atoms with Gasteiger partial charge in [-0.15, -0.1) is 0 Å². The van der Waals surface area contributed by atoms with Gasteiger partial charge in [0.25, 0.3) is 0 Å². The SMILES string of the molecule is CCN1C(=O)C2C(c3ccccc3)NN(Cc3ccccc3)C2C1=O. The summed E-state index contributed by atoms with van der Waals surface area (Å²) in [6.07, 6.45) is 0. The molecule has 25 heavy (non-hydrogen) atoms. The van der Waals surface area contributed by atoms with Gasteiger partial charge in [-0.1, -0.05) is 60.7 Å². The molecule has 2 heterocycles. The van der Waals surface area contributed by atoms with Crippen LogP contribution in [-0.2, 0) is 16.1 Å². The number of likely N-dealkylation sites (tertiary alicyclic amines) is 1. The van der Waals surface area contributed by atoms with Crippen LogP contribution in [0.1, 0.15) is 24.1 Å². The van der Waals surface area contributed by atoms with E-state index in [-0.39, 0.29) is 23.8 Å². The summed E-state index contributed by atoms with van der Waals surface area (Å²) < 4.78 is 0. The summed E-state index contributed by atoms with van der Waals surface area (Å²) in [6, 6.07) is 19.3. The molecular formula is C20H21N3O2. The molecule has 3 unspecified atom stereocenters. The first-order valence-electron chi connectivity index (χ1n) is 8.67.